The highest BCUT2D eigenvalue weighted by atomic mass is 32.2. The van der Waals surface area contributed by atoms with E-state index in [0.717, 1.165) is 23.6 Å². The molecule has 4 aromatic carbocycles. The summed E-state index contributed by atoms with van der Waals surface area (Å²) < 4.78 is 47.6. The summed E-state index contributed by atoms with van der Waals surface area (Å²) in [4.78, 5) is 24.7. The van der Waals surface area contributed by atoms with Crippen LogP contribution in [0.2, 0.25) is 0 Å². The van der Waals surface area contributed by atoms with Gasteiger partial charge in [-0.25, -0.2) is 18.2 Å². The lowest BCUT2D eigenvalue weighted by Crippen LogP contribution is -2.40. The summed E-state index contributed by atoms with van der Waals surface area (Å²) in [6.07, 6.45) is 2.08. The minimum Gasteiger partial charge on any atom is -0.484 e. The van der Waals surface area contributed by atoms with Crippen molar-refractivity contribution in [1.29, 1.82) is 0 Å². The number of aryl methyl sites for hydroxylation is 1. The first-order chi connectivity index (χ1) is 20.7. The van der Waals surface area contributed by atoms with Crippen LogP contribution < -0.4 is 19.8 Å². The number of sulfonamides is 1. The number of nitrogens with zero attached hydrogens (tertiary/aromatic N) is 2. The molecule has 0 fully saturated rings. The van der Waals surface area contributed by atoms with E-state index < -0.39 is 28.3 Å². The van der Waals surface area contributed by atoms with Crippen molar-refractivity contribution in [2.24, 2.45) is 5.10 Å². The van der Waals surface area contributed by atoms with E-state index in [1.807, 2.05) is 37.3 Å². The molecule has 2 amide bonds. The molecule has 43 heavy (non-hydrogen) atoms. The van der Waals surface area contributed by atoms with E-state index in [1.165, 1.54) is 36.5 Å². The first-order valence-corrected chi connectivity index (χ1v) is 14.9. The maximum atomic E-state index is 14.6. The molecule has 4 aromatic rings. The molecule has 0 heterocycles. The number of rotatable bonds is 13. The van der Waals surface area contributed by atoms with E-state index >= 15 is 0 Å². The average Bonchev–Trinajstić information content (AvgIpc) is 3.00. The zero-order valence-electron chi connectivity index (χ0n) is 23.4. The Balaban J connectivity index is 1.30. The lowest BCUT2D eigenvalue weighted by molar-refractivity contribution is -0.123. The predicted molar refractivity (Wildman–Crippen MR) is 163 cm³/mol. The van der Waals surface area contributed by atoms with E-state index in [-0.39, 0.29) is 23.1 Å². The Labute approximate surface area is 250 Å². The molecule has 0 unspecified atom stereocenters. The lowest BCUT2D eigenvalue weighted by Gasteiger charge is -2.24. The number of ether oxygens (including phenoxy) is 1. The van der Waals surface area contributed by atoms with Gasteiger partial charge in [0.05, 0.1) is 16.8 Å². The summed E-state index contributed by atoms with van der Waals surface area (Å²) in [6, 6.07) is 27.8. The minimum atomic E-state index is -4.26. The highest BCUT2D eigenvalue weighted by molar-refractivity contribution is 7.92. The maximum Gasteiger partial charge on any atom is 0.264 e. The second-order valence-corrected chi connectivity index (χ2v) is 11.4. The van der Waals surface area contributed by atoms with Crippen molar-refractivity contribution in [2.45, 2.75) is 18.2 Å². The topological polar surface area (TPSA) is 117 Å². The number of halogens is 1. The Morgan fingerprint density at radius 1 is 0.884 bits per heavy atom. The van der Waals surface area contributed by atoms with Crippen molar-refractivity contribution in [3.63, 3.8) is 0 Å². The molecular formula is C32H31FN4O5S. The third-order valence-corrected chi connectivity index (χ3v) is 8.02. The van der Waals surface area contributed by atoms with Crippen molar-refractivity contribution >= 4 is 33.7 Å². The first-order valence-electron chi connectivity index (χ1n) is 13.4. The molecule has 0 aliphatic heterocycles. The van der Waals surface area contributed by atoms with E-state index in [0.29, 0.717) is 22.2 Å². The standard InChI is InChI=1S/C32H31FN4O5S/c1-24-11-17-28(18-12-24)43(40,41)37(30-10-6-5-9-29(30)33)22-31(38)36-35-21-26-13-15-27(16-14-26)42-23-32(39)34-20-19-25-7-3-2-4-8-25/h2-18,21H,19-20,22-23H2,1H3,(H,34,39)(H,36,38)/b35-21-. The fraction of sp³-hybridized carbons (Fsp3) is 0.156. The molecule has 4 rings (SSSR count). The van der Waals surface area contributed by atoms with Crippen LogP contribution in [0.15, 0.2) is 113 Å². The molecule has 11 heteroatoms. The lowest BCUT2D eigenvalue weighted by atomic mass is 10.1. The molecule has 0 bridgehead atoms. The summed E-state index contributed by atoms with van der Waals surface area (Å²) in [5, 5.41) is 6.71. The number of hydrogen-bond acceptors (Lipinski definition) is 6. The molecule has 0 atom stereocenters. The van der Waals surface area contributed by atoms with Crippen LogP contribution in [-0.2, 0) is 26.0 Å². The fourth-order valence-corrected chi connectivity index (χ4v) is 5.41. The smallest absolute Gasteiger partial charge is 0.264 e. The monoisotopic (exact) mass is 602 g/mol. The van der Waals surface area contributed by atoms with Crippen LogP contribution >= 0.6 is 0 Å². The summed E-state index contributed by atoms with van der Waals surface area (Å²) in [6.45, 7) is 1.48. The van der Waals surface area contributed by atoms with Crippen molar-refractivity contribution in [2.75, 3.05) is 24.0 Å². The number of benzene rings is 4. The maximum absolute atomic E-state index is 14.6. The zero-order chi connectivity index (χ0) is 30.7. The second kappa shape index (κ2) is 14.7. The highest BCUT2D eigenvalue weighted by Gasteiger charge is 2.29. The Hall–Kier alpha value is -5.03. The van der Waals surface area contributed by atoms with Gasteiger partial charge in [-0.2, -0.15) is 5.10 Å². The van der Waals surface area contributed by atoms with Gasteiger partial charge in [-0.3, -0.25) is 13.9 Å². The molecule has 0 aliphatic rings. The van der Waals surface area contributed by atoms with Gasteiger partial charge in [-0.15, -0.1) is 0 Å². The van der Waals surface area contributed by atoms with Crippen molar-refractivity contribution in [3.8, 4) is 5.75 Å². The molecule has 222 valence electrons. The van der Waals surface area contributed by atoms with Crippen molar-refractivity contribution in [3.05, 3.63) is 126 Å². The Kier molecular flexibility index (Phi) is 10.6. The van der Waals surface area contributed by atoms with Crippen LogP contribution in [0.25, 0.3) is 0 Å². The molecule has 2 N–H and O–H groups in total. The van der Waals surface area contributed by atoms with Gasteiger partial charge in [-0.1, -0.05) is 60.2 Å². The molecule has 0 saturated heterocycles. The number of carbonyl (C=O) groups is 2. The average molecular weight is 603 g/mol. The molecular weight excluding hydrogens is 571 g/mol. The molecule has 9 nitrogen and oxygen atoms in total. The number of hydrogen-bond donors (Lipinski definition) is 2. The van der Waals surface area contributed by atoms with Gasteiger partial charge in [0.1, 0.15) is 18.1 Å². The van der Waals surface area contributed by atoms with Gasteiger partial charge >= 0.3 is 0 Å². The Morgan fingerprint density at radius 2 is 1.56 bits per heavy atom. The SMILES string of the molecule is Cc1ccc(S(=O)(=O)N(CC(=O)N/N=C\c2ccc(OCC(=O)NCCc3ccccc3)cc2)c2ccccc2F)cc1. The van der Waals surface area contributed by atoms with Gasteiger partial charge in [0.25, 0.3) is 21.8 Å². The van der Waals surface area contributed by atoms with Gasteiger partial charge in [0.2, 0.25) is 0 Å². The van der Waals surface area contributed by atoms with Crippen molar-refractivity contribution < 1.29 is 27.1 Å². The van der Waals surface area contributed by atoms with Gasteiger partial charge in [0, 0.05) is 6.54 Å². The summed E-state index contributed by atoms with van der Waals surface area (Å²) >= 11 is 0. The van der Waals surface area contributed by atoms with Crippen LogP contribution in [0.1, 0.15) is 16.7 Å². The van der Waals surface area contributed by atoms with Gasteiger partial charge < -0.3 is 10.1 Å². The third kappa shape index (κ3) is 8.98. The van der Waals surface area contributed by atoms with Crippen LogP contribution in [0.3, 0.4) is 0 Å². The number of hydrazone groups is 1. The van der Waals surface area contributed by atoms with Crippen LogP contribution in [0.5, 0.6) is 5.75 Å². The number of nitrogens with one attached hydrogen (secondary N) is 2. The van der Waals surface area contributed by atoms with Gasteiger partial charge in [0.15, 0.2) is 6.61 Å². The predicted octanol–water partition coefficient (Wildman–Crippen LogP) is 4.22. The fourth-order valence-electron chi connectivity index (χ4n) is 3.98. The van der Waals surface area contributed by atoms with E-state index in [9.17, 15) is 22.4 Å². The second-order valence-electron chi connectivity index (χ2n) is 9.51. The van der Waals surface area contributed by atoms with E-state index in [2.05, 4.69) is 15.8 Å². The molecule has 0 radical (unpaired) electrons. The number of carbonyl (C=O) groups excluding carboxylic acids is 2. The quantitative estimate of drug-likeness (QED) is 0.176. The summed E-state index contributed by atoms with van der Waals surface area (Å²) in [5.41, 5.74) is 4.62. The number of amides is 2. The first kappa shape index (κ1) is 30.9. The molecule has 0 spiro atoms. The molecule has 0 saturated carbocycles. The Bertz CT molecular complexity index is 1660. The molecule has 0 aliphatic carbocycles. The van der Waals surface area contributed by atoms with E-state index in [1.54, 1.807) is 36.4 Å². The summed E-state index contributed by atoms with van der Waals surface area (Å²) in [5.74, 6) is -1.32. The van der Waals surface area contributed by atoms with Crippen LogP contribution in [0, 0.1) is 12.7 Å². The zero-order valence-corrected chi connectivity index (χ0v) is 24.3. The van der Waals surface area contributed by atoms with Crippen LogP contribution in [-0.4, -0.2) is 46.1 Å². The minimum absolute atomic E-state index is 0.0790. The number of anilines is 1. The molecule has 0 aromatic heterocycles. The third-order valence-electron chi connectivity index (χ3n) is 6.25. The largest absolute Gasteiger partial charge is 0.484 e. The van der Waals surface area contributed by atoms with Gasteiger partial charge in [-0.05, 0) is 73.0 Å². The number of para-hydroxylation sites is 1. The van der Waals surface area contributed by atoms with Crippen molar-refractivity contribution in [1.82, 2.24) is 10.7 Å². The highest BCUT2D eigenvalue weighted by Crippen LogP contribution is 2.26. The summed E-state index contributed by atoms with van der Waals surface area (Å²) in [7, 11) is -4.26. The normalized spacial score (nSPS) is 11.2. The van der Waals surface area contributed by atoms with E-state index in [4.69, 9.17) is 4.74 Å². The van der Waals surface area contributed by atoms with Crippen LogP contribution in [0.4, 0.5) is 10.1 Å². The Morgan fingerprint density at radius 3 is 2.26 bits per heavy atom.